The van der Waals surface area contributed by atoms with Gasteiger partial charge < -0.3 is 16.4 Å². The van der Waals surface area contributed by atoms with Crippen LogP contribution in [0.4, 0.5) is 11.4 Å². The van der Waals surface area contributed by atoms with E-state index in [4.69, 9.17) is 5.73 Å². The van der Waals surface area contributed by atoms with E-state index in [9.17, 15) is 14.4 Å². The number of aryl methyl sites for hydroxylation is 1. The summed E-state index contributed by atoms with van der Waals surface area (Å²) < 4.78 is 0. The second-order valence-electron chi connectivity index (χ2n) is 6.30. The molecule has 3 aromatic carbocycles. The number of hydrogen-bond acceptors (Lipinski definition) is 3. The lowest BCUT2D eigenvalue weighted by atomic mass is 10.1. The van der Waals surface area contributed by atoms with Crippen LogP contribution < -0.4 is 16.4 Å². The van der Waals surface area contributed by atoms with Gasteiger partial charge in [-0.05, 0) is 61.5 Å². The van der Waals surface area contributed by atoms with Crippen LogP contribution in [-0.4, -0.2) is 17.7 Å². The summed E-state index contributed by atoms with van der Waals surface area (Å²) in [7, 11) is 0. The molecule has 0 spiro atoms. The molecular formula is C22H19N3O3. The molecule has 6 nitrogen and oxygen atoms in total. The summed E-state index contributed by atoms with van der Waals surface area (Å²) in [4.78, 5) is 35.9. The zero-order valence-corrected chi connectivity index (χ0v) is 15.2. The summed E-state index contributed by atoms with van der Waals surface area (Å²) in [5.74, 6) is -1.11. The molecule has 3 aromatic rings. The molecule has 0 heterocycles. The van der Waals surface area contributed by atoms with E-state index in [1.807, 2.05) is 19.1 Å². The Hall–Kier alpha value is -3.93. The number of amides is 3. The SMILES string of the molecule is Cc1cccc(C(=O)Nc2cccc(C(=O)Nc3ccc(C(N)=O)cc3)c2)c1. The number of rotatable bonds is 5. The lowest BCUT2D eigenvalue weighted by molar-refractivity contribution is 0.0997. The molecule has 28 heavy (non-hydrogen) atoms. The Morgan fingerprint density at radius 2 is 1.25 bits per heavy atom. The predicted molar refractivity (Wildman–Crippen MR) is 108 cm³/mol. The van der Waals surface area contributed by atoms with Crippen molar-refractivity contribution in [2.75, 3.05) is 10.6 Å². The van der Waals surface area contributed by atoms with Crippen molar-refractivity contribution in [2.45, 2.75) is 6.92 Å². The van der Waals surface area contributed by atoms with Gasteiger partial charge in [0.25, 0.3) is 11.8 Å². The van der Waals surface area contributed by atoms with Crippen molar-refractivity contribution >= 4 is 29.1 Å². The Kier molecular flexibility index (Phi) is 5.50. The zero-order valence-electron chi connectivity index (χ0n) is 15.2. The topological polar surface area (TPSA) is 101 Å². The fourth-order valence-electron chi connectivity index (χ4n) is 2.65. The normalized spacial score (nSPS) is 10.2. The monoisotopic (exact) mass is 373 g/mol. The summed E-state index contributed by atoms with van der Waals surface area (Å²) in [5, 5.41) is 5.53. The van der Waals surface area contributed by atoms with Crippen LogP contribution in [0, 0.1) is 6.92 Å². The Morgan fingerprint density at radius 3 is 1.86 bits per heavy atom. The maximum absolute atomic E-state index is 12.5. The van der Waals surface area contributed by atoms with Crippen molar-refractivity contribution in [1.29, 1.82) is 0 Å². The lowest BCUT2D eigenvalue weighted by Gasteiger charge is -2.09. The predicted octanol–water partition coefficient (Wildman–Crippen LogP) is 3.60. The van der Waals surface area contributed by atoms with Gasteiger partial charge in [0, 0.05) is 28.1 Å². The van der Waals surface area contributed by atoms with Crippen LogP contribution in [0.25, 0.3) is 0 Å². The lowest BCUT2D eigenvalue weighted by Crippen LogP contribution is -2.15. The van der Waals surface area contributed by atoms with Crippen molar-refractivity contribution in [3.05, 3.63) is 95.1 Å². The molecule has 0 saturated carbocycles. The molecule has 0 atom stereocenters. The molecule has 3 amide bonds. The first kappa shape index (κ1) is 18.8. The molecule has 0 fully saturated rings. The van der Waals surface area contributed by atoms with E-state index in [0.717, 1.165) is 5.56 Å². The summed E-state index contributed by atoms with van der Waals surface area (Å²) in [6.07, 6.45) is 0. The molecule has 0 unspecified atom stereocenters. The third-order valence-electron chi connectivity index (χ3n) is 4.09. The first-order chi connectivity index (χ1) is 13.4. The second-order valence-corrected chi connectivity index (χ2v) is 6.30. The first-order valence-corrected chi connectivity index (χ1v) is 8.62. The third-order valence-corrected chi connectivity index (χ3v) is 4.09. The van der Waals surface area contributed by atoms with E-state index in [2.05, 4.69) is 10.6 Å². The molecule has 4 N–H and O–H groups in total. The molecule has 0 saturated heterocycles. The average molecular weight is 373 g/mol. The number of hydrogen-bond donors (Lipinski definition) is 3. The fraction of sp³-hybridized carbons (Fsp3) is 0.0455. The summed E-state index contributed by atoms with van der Waals surface area (Å²) in [5.41, 5.74) is 8.54. The highest BCUT2D eigenvalue weighted by atomic mass is 16.2. The van der Waals surface area contributed by atoms with Crippen LogP contribution in [0.2, 0.25) is 0 Å². The molecule has 140 valence electrons. The van der Waals surface area contributed by atoms with Crippen molar-refractivity contribution in [3.63, 3.8) is 0 Å². The second kappa shape index (κ2) is 8.18. The highest BCUT2D eigenvalue weighted by Crippen LogP contribution is 2.16. The summed E-state index contributed by atoms with van der Waals surface area (Å²) >= 11 is 0. The highest BCUT2D eigenvalue weighted by Gasteiger charge is 2.10. The maximum Gasteiger partial charge on any atom is 0.255 e. The van der Waals surface area contributed by atoms with E-state index in [1.165, 1.54) is 12.1 Å². The molecule has 0 aliphatic carbocycles. The van der Waals surface area contributed by atoms with Gasteiger partial charge in [-0.1, -0.05) is 23.8 Å². The van der Waals surface area contributed by atoms with Gasteiger partial charge in [-0.25, -0.2) is 0 Å². The number of carbonyl (C=O) groups excluding carboxylic acids is 3. The van der Waals surface area contributed by atoms with Crippen molar-refractivity contribution in [3.8, 4) is 0 Å². The maximum atomic E-state index is 12.5. The zero-order chi connectivity index (χ0) is 20.1. The number of benzene rings is 3. The first-order valence-electron chi connectivity index (χ1n) is 8.62. The number of nitrogens with two attached hydrogens (primary N) is 1. The highest BCUT2D eigenvalue weighted by molar-refractivity contribution is 6.07. The largest absolute Gasteiger partial charge is 0.366 e. The Bertz CT molecular complexity index is 1040. The van der Waals surface area contributed by atoms with E-state index in [0.29, 0.717) is 28.1 Å². The van der Waals surface area contributed by atoms with Gasteiger partial charge in [0.05, 0.1) is 0 Å². The third kappa shape index (κ3) is 4.62. The molecule has 0 bridgehead atoms. The van der Waals surface area contributed by atoms with Crippen LogP contribution >= 0.6 is 0 Å². The van der Waals surface area contributed by atoms with Crippen molar-refractivity contribution in [1.82, 2.24) is 0 Å². The standard InChI is InChI=1S/C22H19N3O3/c1-14-4-2-5-16(12-14)21(27)25-19-7-3-6-17(13-19)22(28)24-18-10-8-15(9-11-18)20(23)26/h2-13H,1H3,(H2,23,26)(H,24,28)(H,25,27). The van der Waals surface area contributed by atoms with E-state index in [-0.39, 0.29) is 11.8 Å². The van der Waals surface area contributed by atoms with Crippen LogP contribution in [0.15, 0.2) is 72.8 Å². The van der Waals surface area contributed by atoms with Gasteiger partial charge in [0.2, 0.25) is 5.91 Å². The van der Waals surface area contributed by atoms with Crippen LogP contribution in [0.5, 0.6) is 0 Å². The molecule has 3 rings (SSSR count). The van der Waals surface area contributed by atoms with E-state index >= 15 is 0 Å². The molecule has 0 aromatic heterocycles. The van der Waals surface area contributed by atoms with Gasteiger partial charge in [-0.3, -0.25) is 14.4 Å². The Labute approximate surface area is 162 Å². The van der Waals surface area contributed by atoms with Crippen LogP contribution in [0.3, 0.4) is 0 Å². The average Bonchev–Trinajstić information content (AvgIpc) is 2.68. The van der Waals surface area contributed by atoms with Crippen LogP contribution in [0.1, 0.15) is 36.6 Å². The molecule has 0 aliphatic heterocycles. The van der Waals surface area contributed by atoms with Crippen molar-refractivity contribution < 1.29 is 14.4 Å². The van der Waals surface area contributed by atoms with Crippen LogP contribution in [-0.2, 0) is 0 Å². The number of primary amides is 1. The Morgan fingerprint density at radius 1 is 0.679 bits per heavy atom. The minimum atomic E-state index is -0.532. The van der Waals surface area contributed by atoms with E-state index in [1.54, 1.807) is 48.5 Å². The number of nitrogens with one attached hydrogen (secondary N) is 2. The minimum absolute atomic E-state index is 0.247. The van der Waals surface area contributed by atoms with E-state index < -0.39 is 5.91 Å². The summed E-state index contributed by atoms with van der Waals surface area (Å²) in [6, 6.07) is 20.2. The minimum Gasteiger partial charge on any atom is -0.366 e. The van der Waals surface area contributed by atoms with Gasteiger partial charge >= 0.3 is 0 Å². The Balaban J connectivity index is 1.70. The van der Waals surface area contributed by atoms with Gasteiger partial charge in [0.15, 0.2) is 0 Å². The number of anilines is 2. The van der Waals surface area contributed by atoms with Gasteiger partial charge in [-0.15, -0.1) is 0 Å². The molecule has 0 radical (unpaired) electrons. The van der Waals surface area contributed by atoms with Gasteiger partial charge in [-0.2, -0.15) is 0 Å². The fourth-order valence-corrected chi connectivity index (χ4v) is 2.65. The molecule has 0 aliphatic rings. The number of carbonyl (C=O) groups is 3. The quantitative estimate of drug-likeness (QED) is 0.637. The molecular weight excluding hydrogens is 354 g/mol. The smallest absolute Gasteiger partial charge is 0.255 e. The summed E-state index contributed by atoms with van der Waals surface area (Å²) in [6.45, 7) is 1.91. The van der Waals surface area contributed by atoms with Crippen molar-refractivity contribution in [2.24, 2.45) is 5.73 Å². The molecule has 6 heteroatoms. The van der Waals surface area contributed by atoms with Gasteiger partial charge in [0.1, 0.15) is 0 Å².